The summed E-state index contributed by atoms with van der Waals surface area (Å²) in [5, 5.41) is 0. The lowest BCUT2D eigenvalue weighted by Crippen LogP contribution is -2.50. The van der Waals surface area contributed by atoms with Gasteiger partial charge in [-0.3, -0.25) is 0 Å². The van der Waals surface area contributed by atoms with Gasteiger partial charge in [0.05, 0.1) is 0 Å². The highest BCUT2D eigenvalue weighted by molar-refractivity contribution is 5.73. The molecule has 2 amide bonds. The summed E-state index contributed by atoms with van der Waals surface area (Å²) in [6.07, 6.45) is 1.25. The highest BCUT2D eigenvalue weighted by atomic mass is 16.2. The standard InChI is InChI=1S/C8H17N3O.C3H8/c1-9(2)8(12)11-6-4-10(3)5-7-11;1-3-2/h4-7H2,1-3H3;3H2,1-2H3. The number of piperazine rings is 1. The molecule has 1 rings (SSSR count). The van der Waals surface area contributed by atoms with E-state index in [9.17, 15) is 4.79 Å². The molecule has 0 atom stereocenters. The third kappa shape index (κ3) is 5.62. The fourth-order valence-electron chi connectivity index (χ4n) is 1.28. The predicted octanol–water partition coefficient (Wildman–Crippen LogP) is 1.33. The van der Waals surface area contributed by atoms with Crippen LogP contribution in [0.15, 0.2) is 0 Å². The van der Waals surface area contributed by atoms with Gasteiger partial charge in [-0.05, 0) is 7.05 Å². The molecule has 1 aliphatic heterocycles. The second-order valence-corrected chi connectivity index (χ2v) is 4.17. The SMILES string of the molecule is CCC.CN1CCN(C(=O)N(C)C)CC1. The van der Waals surface area contributed by atoms with Crippen molar-refractivity contribution in [3.05, 3.63) is 0 Å². The number of carbonyl (C=O) groups is 1. The normalized spacial score (nSPS) is 16.7. The van der Waals surface area contributed by atoms with Crippen molar-refractivity contribution < 1.29 is 4.79 Å². The Morgan fingerprint density at radius 3 is 1.87 bits per heavy atom. The number of likely N-dealkylation sites (N-methyl/N-ethyl adjacent to an activating group) is 1. The zero-order chi connectivity index (χ0) is 11.8. The Bertz CT molecular complexity index is 175. The molecule has 0 aromatic rings. The van der Waals surface area contributed by atoms with Gasteiger partial charge in [0.15, 0.2) is 0 Å². The molecule has 0 N–H and O–H groups in total. The first kappa shape index (κ1) is 14.2. The molecular formula is C11H25N3O. The van der Waals surface area contributed by atoms with Gasteiger partial charge in [-0.2, -0.15) is 0 Å². The van der Waals surface area contributed by atoms with E-state index in [0.29, 0.717) is 0 Å². The summed E-state index contributed by atoms with van der Waals surface area (Å²) in [5.74, 6) is 0. The molecule has 4 nitrogen and oxygen atoms in total. The van der Waals surface area contributed by atoms with Gasteiger partial charge in [-0.1, -0.05) is 20.3 Å². The van der Waals surface area contributed by atoms with E-state index >= 15 is 0 Å². The fourth-order valence-corrected chi connectivity index (χ4v) is 1.28. The van der Waals surface area contributed by atoms with Crippen molar-refractivity contribution in [2.75, 3.05) is 47.3 Å². The molecule has 0 radical (unpaired) electrons. The van der Waals surface area contributed by atoms with Crippen molar-refractivity contribution in [3.63, 3.8) is 0 Å². The molecule has 1 aliphatic rings. The highest BCUT2D eigenvalue weighted by Crippen LogP contribution is 2.01. The quantitative estimate of drug-likeness (QED) is 0.609. The fraction of sp³-hybridized carbons (Fsp3) is 0.909. The minimum absolute atomic E-state index is 0.128. The van der Waals surface area contributed by atoms with E-state index < -0.39 is 0 Å². The van der Waals surface area contributed by atoms with E-state index in [1.54, 1.807) is 19.0 Å². The zero-order valence-corrected chi connectivity index (χ0v) is 10.8. The van der Waals surface area contributed by atoms with Gasteiger partial charge in [0, 0.05) is 40.3 Å². The zero-order valence-electron chi connectivity index (χ0n) is 10.8. The van der Waals surface area contributed by atoms with Crippen LogP contribution in [-0.2, 0) is 0 Å². The minimum Gasteiger partial charge on any atom is -0.331 e. The highest BCUT2D eigenvalue weighted by Gasteiger charge is 2.19. The van der Waals surface area contributed by atoms with Gasteiger partial charge in [0.1, 0.15) is 0 Å². The molecular weight excluding hydrogens is 190 g/mol. The average molecular weight is 215 g/mol. The number of carbonyl (C=O) groups excluding carboxylic acids is 1. The van der Waals surface area contributed by atoms with E-state index in [1.807, 2.05) is 4.90 Å². The molecule has 1 saturated heterocycles. The maximum absolute atomic E-state index is 11.4. The summed E-state index contributed by atoms with van der Waals surface area (Å²) < 4.78 is 0. The van der Waals surface area contributed by atoms with Crippen LogP contribution in [0.2, 0.25) is 0 Å². The van der Waals surface area contributed by atoms with E-state index in [1.165, 1.54) is 6.42 Å². The molecule has 0 unspecified atom stereocenters. The Morgan fingerprint density at radius 1 is 1.13 bits per heavy atom. The van der Waals surface area contributed by atoms with Gasteiger partial charge in [-0.25, -0.2) is 4.79 Å². The largest absolute Gasteiger partial charge is 0.331 e. The minimum atomic E-state index is 0.128. The topological polar surface area (TPSA) is 26.8 Å². The molecule has 0 aromatic heterocycles. The van der Waals surface area contributed by atoms with Crippen LogP contribution in [0.25, 0.3) is 0 Å². The second-order valence-electron chi connectivity index (χ2n) is 4.17. The van der Waals surface area contributed by atoms with Crippen molar-refractivity contribution in [1.29, 1.82) is 0 Å². The lowest BCUT2D eigenvalue weighted by molar-refractivity contribution is 0.135. The molecule has 0 spiro atoms. The van der Waals surface area contributed by atoms with Crippen LogP contribution >= 0.6 is 0 Å². The molecule has 90 valence electrons. The summed E-state index contributed by atoms with van der Waals surface area (Å²) in [4.78, 5) is 17.2. The number of urea groups is 1. The Morgan fingerprint density at radius 2 is 1.53 bits per heavy atom. The number of hydrogen-bond donors (Lipinski definition) is 0. The van der Waals surface area contributed by atoms with Crippen LogP contribution in [0.1, 0.15) is 20.3 Å². The smallest absolute Gasteiger partial charge is 0.319 e. The summed E-state index contributed by atoms with van der Waals surface area (Å²) >= 11 is 0. The van der Waals surface area contributed by atoms with Crippen molar-refractivity contribution >= 4 is 6.03 Å². The number of rotatable bonds is 0. The molecule has 1 fully saturated rings. The Labute approximate surface area is 93.8 Å². The molecule has 0 saturated carbocycles. The maximum Gasteiger partial charge on any atom is 0.319 e. The van der Waals surface area contributed by atoms with Crippen molar-refractivity contribution in [2.24, 2.45) is 0 Å². The summed E-state index contributed by atoms with van der Waals surface area (Å²) in [6.45, 7) is 7.93. The van der Waals surface area contributed by atoms with E-state index in [-0.39, 0.29) is 6.03 Å². The summed E-state index contributed by atoms with van der Waals surface area (Å²) in [7, 11) is 5.67. The molecule has 0 bridgehead atoms. The first-order valence-electron chi connectivity index (χ1n) is 5.67. The van der Waals surface area contributed by atoms with Crippen LogP contribution < -0.4 is 0 Å². The third-order valence-corrected chi connectivity index (χ3v) is 2.16. The third-order valence-electron chi connectivity index (χ3n) is 2.16. The number of nitrogens with zero attached hydrogens (tertiary/aromatic N) is 3. The van der Waals surface area contributed by atoms with Gasteiger partial charge < -0.3 is 14.7 Å². The summed E-state index contributed by atoms with van der Waals surface area (Å²) in [5.41, 5.74) is 0. The molecule has 1 heterocycles. The van der Waals surface area contributed by atoms with Crippen LogP contribution in [0.4, 0.5) is 4.79 Å². The van der Waals surface area contributed by atoms with Crippen LogP contribution in [0.5, 0.6) is 0 Å². The molecule has 15 heavy (non-hydrogen) atoms. The first-order valence-corrected chi connectivity index (χ1v) is 5.67. The van der Waals surface area contributed by atoms with Crippen molar-refractivity contribution in [1.82, 2.24) is 14.7 Å². The van der Waals surface area contributed by atoms with E-state index in [4.69, 9.17) is 0 Å². The molecule has 0 aromatic carbocycles. The van der Waals surface area contributed by atoms with Crippen LogP contribution in [0, 0.1) is 0 Å². The Kier molecular flexibility index (Phi) is 7.13. The average Bonchev–Trinajstić information content (AvgIpc) is 2.19. The Balaban J connectivity index is 0.000000583. The first-order chi connectivity index (χ1) is 7.02. The van der Waals surface area contributed by atoms with Gasteiger partial charge in [0.25, 0.3) is 0 Å². The molecule has 4 heteroatoms. The van der Waals surface area contributed by atoms with Gasteiger partial charge in [-0.15, -0.1) is 0 Å². The lowest BCUT2D eigenvalue weighted by atomic mass is 10.3. The molecule has 0 aliphatic carbocycles. The van der Waals surface area contributed by atoms with Gasteiger partial charge in [0.2, 0.25) is 0 Å². The van der Waals surface area contributed by atoms with Crippen LogP contribution in [-0.4, -0.2) is 68.1 Å². The van der Waals surface area contributed by atoms with Crippen molar-refractivity contribution in [2.45, 2.75) is 20.3 Å². The maximum atomic E-state index is 11.4. The lowest BCUT2D eigenvalue weighted by Gasteiger charge is -2.33. The summed E-state index contributed by atoms with van der Waals surface area (Å²) in [6, 6.07) is 0.128. The van der Waals surface area contributed by atoms with E-state index in [2.05, 4.69) is 25.8 Å². The monoisotopic (exact) mass is 215 g/mol. The van der Waals surface area contributed by atoms with Gasteiger partial charge >= 0.3 is 6.03 Å². The van der Waals surface area contributed by atoms with Crippen molar-refractivity contribution in [3.8, 4) is 0 Å². The Hall–Kier alpha value is -0.770. The second kappa shape index (κ2) is 7.51. The van der Waals surface area contributed by atoms with E-state index in [0.717, 1.165) is 26.2 Å². The van der Waals surface area contributed by atoms with Crippen LogP contribution in [0.3, 0.4) is 0 Å². The number of hydrogen-bond acceptors (Lipinski definition) is 2. The predicted molar refractivity (Wildman–Crippen MR) is 64.1 cm³/mol. The number of amides is 2.